The summed E-state index contributed by atoms with van der Waals surface area (Å²) in [5.41, 5.74) is 3.19. The van der Waals surface area contributed by atoms with Gasteiger partial charge in [-0.3, -0.25) is 4.98 Å². The Balaban J connectivity index is 2.43. The zero-order valence-corrected chi connectivity index (χ0v) is 13.4. The molecule has 1 heterocycles. The Bertz CT molecular complexity index is 601. The summed E-state index contributed by atoms with van der Waals surface area (Å²) < 4.78 is 5.54. The van der Waals surface area contributed by atoms with E-state index < -0.39 is 0 Å². The van der Waals surface area contributed by atoms with Crippen LogP contribution in [0.1, 0.15) is 36.6 Å². The van der Waals surface area contributed by atoms with Gasteiger partial charge in [-0.25, -0.2) is 0 Å². The molecule has 1 unspecified atom stereocenters. The first-order valence-corrected chi connectivity index (χ1v) is 7.61. The number of ether oxygens (including phenoxy) is 1. The third-order valence-corrected chi connectivity index (χ3v) is 3.84. The van der Waals surface area contributed by atoms with Crippen LogP contribution in [-0.2, 0) is 0 Å². The van der Waals surface area contributed by atoms with Crippen molar-refractivity contribution in [3.63, 3.8) is 0 Å². The third-order valence-electron chi connectivity index (χ3n) is 3.32. The van der Waals surface area contributed by atoms with Gasteiger partial charge in [0, 0.05) is 11.2 Å². The molecule has 0 spiro atoms. The van der Waals surface area contributed by atoms with Crippen molar-refractivity contribution in [1.29, 1.82) is 0 Å². The van der Waals surface area contributed by atoms with E-state index in [1.54, 1.807) is 6.20 Å². The van der Waals surface area contributed by atoms with Crippen LogP contribution in [0.15, 0.2) is 36.7 Å². The number of rotatable bonds is 6. The van der Waals surface area contributed by atoms with Crippen LogP contribution in [-0.4, -0.2) is 18.1 Å². The van der Waals surface area contributed by atoms with E-state index in [1.807, 2.05) is 38.2 Å². The van der Waals surface area contributed by atoms with Crippen LogP contribution in [0.5, 0.6) is 5.75 Å². The van der Waals surface area contributed by atoms with Crippen molar-refractivity contribution < 1.29 is 4.74 Å². The molecule has 3 nitrogen and oxygen atoms in total. The normalized spacial score (nSPS) is 12.2. The van der Waals surface area contributed by atoms with E-state index in [-0.39, 0.29) is 6.04 Å². The van der Waals surface area contributed by atoms with Gasteiger partial charge in [-0.2, -0.15) is 0 Å². The van der Waals surface area contributed by atoms with Crippen molar-refractivity contribution in [2.45, 2.75) is 26.8 Å². The molecule has 1 N–H and O–H groups in total. The molecule has 0 saturated heterocycles. The summed E-state index contributed by atoms with van der Waals surface area (Å²) in [6.45, 7) is 7.53. The zero-order chi connectivity index (χ0) is 15.2. The van der Waals surface area contributed by atoms with Crippen molar-refractivity contribution in [2.75, 3.05) is 13.2 Å². The number of benzene rings is 1. The predicted octanol–water partition coefficient (Wildman–Crippen LogP) is 4.14. The second-order valence-corrected chi connectivity index (χ2v) is 5.23. The van der Waals surface area contributed by atoms with Crippen molar-refractivity contribution in [1.82, 2.24) is 10.3 Å². The summed E-state index contributed by atoms with van der Waals surface area (Å²) in [6.07, 6.45) is 3.59. The lowest BCUT2D eigenvalue weighted by molar-refractivity contribution is 0.338. The fourth-order valence-electron chi connectivity index (χ4n) is 2.34. The summed E-state index contributed by atoms with van der Waals surface area (Å²) in [7, 11) is 0. The number of halogens is 1. The Kier molecular flexibility index (Phi) is 5.59. The number of nitrogens with one attached hydrogen (secondary N) is 1. The summed E-state index contributed by atoms with van der Waals surface area (Å²) in [5.74, 6) is 0.779. The predicted molar refractivity (Wildman–Crippen MR) is 87.1 cm³/mol. The lowest BCUT2D eigenvalue weighted by Crippen LogP contribution is -2.22. The third kappa shape index (κ3) is 3.74. The number of nitrogens with zero attached hydrogens (tertiary/aromatic N) is 1. The van der Waals surface area contributed by atoms with E-state index in [0.717, 1.165) is 34.0 Å². The van der Waals surface area contributed by atoms with Crippen LogP contribution in [0.4, 0.5) is 0 Å². The molecule has 0 radical (unpaired) electrons. The van der Waals surface area contributed by atoms with E-state index in [1.165, 1.54) is 0 Å². The second kappa shape index (κ2) is 7.43. The van der Waals surface area contributed by atoms with Gasteiger partial charge in [-0.15, -0.1) is 0 Å². The smallest absolute Gasteiger partial charge is 0.137 e. The first-order chi connectivity index (χ1) is 10.2. The van der Waals surface area contributed by atoms with Crippen molar-refractivity contribution in [2.24, 2.45) is 0 Å². The van der Waals surface area contributed by atoms with E-state index in [9.17, 15) is 0 Å². The summed E-state index contributed by atoms with van der Waals surface area (Å²) in [6, 6.07) is 8.12. The maximum absolute atomic E-state index is 6.48. The Morgan fingerprint density at radius 3 is 2.81 bits per heavy atom. The molecule has 0 aliphatic heterocycles. The molecule has 0 aliphatic rings. The maximum atomic E-state index is 6.48. The molecule has 1 atom stereocenters. The zero-order valence-electron chi connectivity index (χ0n) is 12.7. The van der Waals surface area contributed by atoms with Crippen molar-refractivity contribution in [3.05, 3.63) is 58.4 Å². The van der Waals surface area contributed by atoms with Gasteiger partial charge in [0.25, 0.3) is 0 Å². The minimum Gasteiger partial charge on any atom is -0.492 e. The Labute approximate surface area is 131 Å². The molecule has 0 bridgehead atoms. The molecule has 0 aliphatic carbocycles. The average molecular weight is 305 g/mol. The molecule has 2 rings (SSSR count). The highest BCUT2D eigenvalue weighted by Gasteiger charge is 2.17. The summed E-state index contributed by atoms with van der Waals surface area (Å²) >= 11 is 6.48. The standard InChI is InChI=1S/C17H21ClN2O/c1-4-20-17(15-8-6-7-12(3)16(15)18)13-9-14(21-5-2)11-19-10-13/h6-11,17,20H,4-5H2,1-3H3. The van der Waals surface area contributed by atoms with Crippen LogP contribution in [0.25, 0.3) is 0 Å². The van der Waals surface area contributed by atoms with Gasteiger partial charge in [0.2, 0.25) is 0 Å². The molecule has 1 aromatic carbocycles. The Morgan fingerprint density at radius 2 is 2.10 bits per heavy atom. The van der Waals surface area contributed by atoms with E-state index >= 15 is 0 Å². The number of hydrogen-bond acceptors (Lipinski definition) is 3. The van der Waals surface area contributed by atoms with Crippen LogP contribution < -0.4 is 10.1 Å². The quantitative estimate of drug-likeness (QED) is 0.871. The molecule has 0 saturated carbocycles. The molecule has 21 heavy (non-hydrogen) atoms. The Morgan fingerprint density at radius 1 is 1.29 bits per heavy atom. The number of pyridine rings is 1. The van der Waals surface area contributed by atoms with Gasteiger partial charge in [-0.05, 0) is 43.1 Å². The van der Waals surface area contributed by atoms with E-state index in [4.69, 9.17) is 16.3 Å². The molecular formula is C17H21ClN2O. The largest absolute Gasteiger partial charge is 0.492 e. The molecule has 1 aromatic heterocycles. The number of hydrogen-bond donors (Lipinski definition) is 1. The van der Waals surface area contributed by atoms with Gasteiger partial charge >= 0.3 is 0 Å². The lowest BCUT2D eigenvalue weighted by Gasteiger charge is -2.21. The topological polar surface area (TPSA) is 34.2 Å². The highest BCUT2D eigenvalue weighted by Crippen LogP contribution is 2.31. The molecule has 4 heteroatoms. The molecule has 112 valence electrons. The van der Waals surface area contributed by atoms with Gasteiger partial charge < -0.3 is 10.1 Å². The second-order valence-electron chi connectivity index (χ2n) is 4.86. The van der Waals surface area contributed by atoms with Crippen molar-refractivity contribution >= 4 is 11.6 Å². The molecule has 0 amide bonds. The van der Waals surface area contributed by atoms with Gasteiger partial charge in [0.1, 0.15) is 5.75 Å². The van der Waals surface area contributed by atoms with Crippen LogP contribution in [0.2, 0.25) is 5.02 Å². The number of aromatic nitrogens is 1. The first kappa shape index (κ1) is 15.8. The molecule has 2 aromatic rings. The van der Waals surface area contributed by atoms with Crippen molar-refractivity contribution in [3.8, 4) is 5.75 Å². The Hall–Kier alpha value is -1.58. The fourth-order valence-corrected chi connectivity index (χ4v) is 2.58. The van der Waals surface area contributed by atoms with Crippen LogP contribution in [0.3, 0.4) is 0 Å². The fraction of sp³-hybridized carbons (Fsp3) is 0.353. The average Bonchev–Trinajstić information content (AvgIpc) is 2.49. The van der Waals surface area contributed by atoms with Gasteiger partial charge in [-0.1, -0.05) is 36.7 Å². The van der Waals surface area contributed by atoms with Gasteiger partial charge in [0.15, 0.2) is 0 Å². The number of aryl methyl sites for hydroxylation is 1. The van der Waals surface area contributed by atoms with Crippen LogP contribution in [0, 0.1) is 6.92 Å². The summed E-state index contributed by atoms with van der Waals surface area (Å²) in [4.78, 5) is 4.28. The summed E-state index contributed by atoms with van der Waals surface area (Å²) in [5, 5.41) is 4.27. The molecule has 0 fully saturated rings. The SMILES string of the molecule is CCNC(c1cncc(OCC)c1)c1cccc(C)c1Cl. The monoisotopic (exact) mass is 304 g/mol. The van der Waals surface area contributed by atoms with E-state index in [2.05, 4.69) is 23.3 Å². The molecular weight excluding hydrogens is 284 g/mol. The van der Waals surface area contributed by atoms with E-state index in [0.29, 0.717) is 6.61 Å². The first-order valence-electron chi connectivity index (χ1n) is 7.23. The van der Waals surface area contributed by atoms with Crippen LogP contribution >= 0.6 is 11.6 Å². The van der Waals surface area contributed by atoms with Gasteiger partial charge in [0.05, 0.1) is 18.8 Å². The minimum absolute atomic E-state index is 0.00954. The highest BCUT2D eigenvalue weighted by atomic mass is 35.5. The lowest BCUT2D eigenvalue weighted by atomic mass is 9.98. The maximum Gasteiger partial charge on any atom is 0.137 e. The minimum atomic E-state index is 0.00954. The highest BCUT2D eigenvalue weighted by molar-refractivity contribution is 6.32.